The average Bonchev–Trinajstić information content (AvgIpc) is 2.61. The highest BCUT2D eigenvalue weighted by Crippen LogP contribution is 2.57. The number of nitrogens with two attached hydrogens (primary N) is 1. The molecule has 0 bridgehead atoms. The number of halogens is 3. The van der Waals surface area contributed by atoms with Crippen LogP contribution in [-0.4, -0.2) is 6.04 Å². The van der Waals surface area contributed by atoms with Crippen molar-refractivity contribution in [2.24, 2.45) is 11.1 Å². The molecule has 2 N–H and O–H groups in total. The highest BCUT2D eigenvalue weighted by atomic mass is 19.2. The van der Waals surface area contributed by atoms with Gasteiger partial charge in [-0.1, -0.05) is 13.8 Å². The summed E-state index contributed by atoms with van der Waals surface area (Å²) in [7, 11) is 0. The predicted molar refractivity (Wildman–Crippen MR) is 50.8 cm³/mol. The molecule has 0 heterocycles. The normalized spacial score (nSPS) is 27.9. The van der Waals surface area contributed by atoms with Crippen molar-refractivity contribution in [3.05, 3.63) is 35.1 Å². The summed E-state index contributed by atoms with van der Waals surface area (Å²) in [5.74, 6) is -3.83. The van der Waals surface area contributed by atoms with Crippen molar-refractivity contribution >= 4 is 0 Å². The van der Waals surface area contributed by atoms with Gasteiger partial charge in [0.1, 0.15) is 0 Å². The van der Waals surface area contributed by atoms with Gasteiger partial charge in [-0.25, -0.2) is 13.2 Å². The summed E-state index contributed by atoms with van der Waals surface area (Å²) < 4.78 is 38.6. The largest absolute Gasteiger partial charge is 0.327 e. The Morgan fingerprint density at radius 1 is 1.13 bits per heavy atom. The second-order valence-electron chi connectivity index (χ2n) is 4.62. The Morgan fingerprint density at radius 2 is 1.53 bits per heavy atom. The lowest BCUT2D eigenvalue weighted by molar-refractivity contribution is 0.444. The van der Waals surface area contributed by atoms with Crippen LogP contribution in [0.4, 0.5) is 13.2 Å². The Balaban J connectivity index is 2.40. The van der Waals surface area contributed by atoms with E-state index in [1.165, 1.54) is 0 Å². The first-order valence-corrected chi connectivity index (χ1v) is 4.75. The number of rotatable bonds is 1. The zero-order chi connectivity index (χ0) is 11.4. The lowest BCUT2D eigenvalue weighted by atomic mass is 10.0. The van der Waals surface area contributed by atoms with Crippen LogP contribution in [0.1, 0.15) is 25.3 Å². The van der Waals surface area contributed by atoms with E-state index in [0.29, 0.717) is 5.56 Å². The Hall–Kier alpha value is -1.03. The molecule has 0 aliphatic heterocycles. The van der Waals surface area contributed by atoms with Crippen molar-refractivity contribution in [2.75, 3.05) is 0 Å². The number of hydrogen-bond acceptors (Lipinski definition) is 1. The van der Waals surface area contributed by atoms with E-state index in [4.69, 9.17) is 5.73 Å². The lowest BCUT2D eigenvalue weighted by Crippen LogP contribution is -2.06. The van der Waals surface area contributed by atoms with Crippen molar-refractivity contribution in [3.8, 4) is 0 Å². The smallest absolute Gasteiger partial charge is 0.194 e. The molecule has 82 valence electrons. The molecule has 2 atom stereocenters. The summed E-state index contributed by atoms with van der Waals surface area (Å²) in [6.07, 6.45) is 0. The fraction of sp³-hybridized carbons (Fsp3) is 0.455. The Kier molecular flexibility index (Phi) is 2.08. The summed E-state index contributed by atoms with van der Waals surface area (Å²) in [5.41, 5.74) is 6.04. The van der Waals surface area contributed by atoms with Crippen LogP contribution < -0.4 is 5.73 Å². The van der Waals surface area contributed by atoms with E-state index in [9.17, 15) is 13.2 Å². The topological polar surface area (TPSA) is 26.0 Å². The summed E-state index contributed by atoms with van der Waals surface area (Å²) in [6.45, 7) is 3.84. The monoisotopic (exact) mass is 215 g/mol. The zero-order valence-corrected chi connectivity index (χ0v) is 8.52. The van der Waals surface area contributed by atoms with E-state index in [2.05, 4.69) is 0 Å². The highest BCUT2D eigenvalue weighted by molar-refractivity contribution is 5.35. The maximum atomic E-state index is 13.0. The molecule has 0 aromatic heterocycles. The van der Waals surface area contributed by atoms with Gasteiger partial charge in [-0.2, -0.15) is 0 Å². The highest BCUT2D eigenvalue weighted by Gasteiger charge is 2.56. The quantitative estimate of drug-likeness (QED) is 0.716. The summed E-state index contributed by atoms with van der Waals surface area (Å²) in [6, 6.07) is 1.93. The molecule has 0 saturated heterocycles. The third-order valence-corrected chi connectivity index (χ3v) is 3.28. The molecule has 1 aliphatic carbocycles. The van der Waals surface area contributed by atoms with E-state index in [1.54, 1.807) is 0 Å². The van der Waals surface area contributed by atoms with Crippen molar-refractivity contribution in [2.45, 2.75) is 25.8 Å². The van der Waals surface area contributed by atoms with Gasteiger partial charge in [0.05, 0.1) is 0 Å². The molecule has 15 heavy (non-hydrogen) atoms. The van der Waals surface area contributed by atoms with Gasteiger partial charge >= 0.3 is 0 Å². The van der Waals surface area contributed by atoms with Crippen molar-refractivity contribution < 1.29 is 13.2 Å². The first-order chi connectivity index (χ1) is 6.85. The minimum absolute atomic E-state index is 0.0953. The van der Waals surface area contributed by atoms with E-state index in [0.717, 1.165) is 12.1 Å². The van der Waals surface area contributed by atoms with Gasteiger partial charge < -0.3 is 5.73 Å². The predicted octanol–water partition coefficient (Wildman–Crippen LogP) is 2.55. The fourth-order valence-corrected chi connectivity index (χ4v) is 2.07. The maximum Gasteiger partial charge on any atom is 0.194 e. The van der Waals surface area contributed by atoms with E-state index < -0.39 is 17.5 Å². The van der Waals surface area contributed by atoms with Crippen LogP contribution in [0.3, 0.4) is 0 Å². The first-order valence-electron chi connectivity index (χ1n) is 4.75. The molecule has 0 amide bonds. The standard InChI is InChI=1S/C11H12F3N/c1-11(2)8(10(11)15)5-3-6(12)9(14)7(13)4-5/h3-4,8,10H,15H2,1-2H3. The minimum atomic E-state index is -1.43. The van der Waals surface area contributed by atoms with Gasteiger partial charge in [0.2, 0.25) is 0 Å². The molecule has 1 saturated carbocycles. The van der Waals surface area contributed by atoms with Crippen LogP contribution in [0.5, 0.6) is 0 Å². The van der Waals surface area contributed by atoms with Crippen LogP contribution in [0.25, 0.3) is 0 Å². The van der Waals surface area contributed by atoms with E-state index >= 15 is 0 Å². The Morgan fingerprint density at radius 3 is 1.87 bits per heavy atom. The molecule has 1 aliphatic rings. The molecule has 1 aromatic carbocycles. The SMILES string of the molecule is CC1(C)C(N)C1c1cc(F)c(F)c(F)c1. The molecular formula is C11H12F3N. The average molecular weight is 215 g/mol. The second-order valence-corrected chi connectivity index (χ2v) is 4.62. The molecule has 1 nitrogen and oxygen atoms in total. The number of benzene rings is 1. The van der Waals surface area contributed by atoms with Crippen LogP contribution in [-0.2, 0) is 0 Å². The van der Waals surface area contributed by atoms with Crippen LogP contribution in [0.2, 0.25) is 0 Å². The van der Waals surface area contributed by atoms with Gasteiger partial charge in [0.15, 0.2) is 17.5 Å². The summed E-state index contributed by atoms with van der Waals surface area (Å²) in [4.78, 5) is 0. The second kappa shape index (κ2) is 2.98. The molecule has 1 fully saturated rings. The Bertz CT molecular complexity index is 391. The van der Waals surface area contributed by atoms with E-state index in [1.807, 2.05) is 13.8 Å². The molecule has 1 aromatic rings. The molecular weight excluding hydrogens is 203 g/mol. The van der Waals surface area contributed by atoms with Crippen molar-refractivity contribution in [1.29, 1.82) is 0 Å². The van der Waals surface area contributed by atoms with Gasteiger partial charge in [-0.3, -0.25) is 0 Å². The summed E-state index contributed by atoms with van der Waals surface area (Å²) >= 11 is 0. The van der Waals surface area contributed by atoms with Crippen LogP contribution in [0, 0.1) is 22.9 Å². The van der Waals surface area contributed by atoms with Gasteiger partial charge in [0.25, 0.3) is 0 Å². The third kappa shape index (κ3) is 1.44. The molecule has 2 unspecified atom stereocenters. The fourth-order valence-electron chi connectivity index (χ4n) is 2.07. The summed E-state index contributed by atoms with van der Waals surface area (Å²) in [5, 5.41) is 0. The molecule has 2 rings (SSSR count). The van der Waals surface area contributed by atoms with E-state index in [-0.39, 0.29) is 17.4 Å². The lowest BCUT2D eigenvalue weighted by Gasteiger charge is -2.04. The van der Waals surface area contributed by atoms with Gasteiger partial charge in [-0.05, 0) is 23.1 Å². The van der Waals surface area contributed by atoms with Crippen LogP contribution >= 0.6 is 0 Å². The van der Waals surface area contributed by atoms with Gasteiger partial charge in [0, 0.05) is 12.0 Å². The Labute approximate surface area is 86.1 Å². The molecule has 4 heteroatoms. The number of hydrogen-bond donors (Lipinski definition) is 1. The molecule has 0 spiro atoms. The third-order valence-electron chi connectivity index (χ3n) is 3.28. The van der Waals surface area contributed by atoms with Crippen molar-refractivity contribution in [3.63, 3.8) is 0 Å². The maximum absolute atomic E-state index is 13.0. The minimum Gasteiger partial charge on any atom is -0.327 e. The van der Waals surface area contributed by atoms with Gasteiger partial charge in [-0.15, -0.1) is 0 Å². The van der Waals surface area contributed by atoms with Crippen LogP contribution in [0.15, 0.2) is 12.1 Å². The first kappa shape index (κ1) is 10.5. The molecule has 0 radical (unpaired) electrons. The zero-order valence-electron chi connectivity index (χ0n) is 8.52. The van der Waals surface area contributed by atoms with Crippen molar-refractivity contribution in [1.82, 2.24) is 0 Å².